The summed E-state index contributed by atoms with van der Waals surface area (Å²) in [5.74, 6) is -7.51. The van der Waals surface area contributed by atoms with E-state index in [-0.39, 0.29) is 0 Å². The lowest BCUT2D eigenvalue weighted by atomic mass is 9.98. The van der Waals surface area contributed by atoms with Gasteiger partial charge in [-0.1, -0.05) is 0 Å². The summed E-state index contributed by atoms with van der Waals surface area (Å²) in [6.07, 6.45) is -4.22. The SMILES string of the molecule is COC(=O)[C@@]1(Oc2cccnc2[N+](=O)[O-])C[C@@H](OC(C)=O)[C@@H](OC(C)=O)[C@H](OC(C)=O)O1. The van der Waals surface area contributed by atoms with Crippen LogP contribution in [0.5, 0.6) is 5.75 Å². The summed E-state index contributed by atoms with van der Waals surface area (Å²) in [6, 6.07) is 2.43. The molecule has 32 heavy (non-hydrogen) atoms. The fourth-order valence-corrected chi connectivity index (χ4v) is 2.93. The van der Waals surface area contributed by atoms with Crippen LogP contribution in [0.15, 0.2) is 18.3 Å². The molecule has 0 bridgehead atoms. The van der Waals surface area contributed by atoms with Gasteiger partial charge in [0, 0.05) is 20.8 Å². The predicted molar refractivity (Wildman–Crippen MR) is 98.6 cm³/mol. The number of carbonyl (C=O) groups is 4. The Morgan fingerprint density at radius 2 is 1.75 bits per heavy atom. The number of nitrogens with zero attached hydrogens (tertiary/aromatic N) is 2. The molecule has 1 fully saturated rings. The first-order valence-corrected chi connectivity index (χ1v) is 9.05. The Morgan fingerprint density at radius 1 is 1.12 bits per heavy atom. The second-order valence-corrected chi connectivity index (χ2v) is 6.45. The van der Waals surface area contributed by atoms with Crippen LogP contribution in [0.25, 0.3) is 0 Å². The topological polar surface area (TPSA) is 180 Å². The third-order valence-electron chi connectivity index (χ3n) is 4.01. The van der Waals surface area contributed by atoms with E-state index in [0.29, 0.717) is 0 Å². The highest BCUT2D eigenvalue weighted by Crippen LogP contribution is 2.38. The Bertz CT molecular complexity index is 891. The monoisotopic (exact) mass is 456 g/mol. The lowest BCUT2D eigenvalue weighted by Crippen LogP contribution is -2.63. The average molecular weight is 456 g/mol. The molecule has 1 aromatic heterocycles. The normalized spacial score (nSPS) is 24.6. The Kier molecular flexibility index (Phi) is 7.64. The van der Waals surface area contributed by atoms with Crippen molar-refractivity contribution in [3.63, 3.8) is 0 Å². The summed E-state index contributed by atoms with van der Waals surface area (Å²) in [6.45, 7) is 3.11. The highest BCUT2D eigenvalue weighted by atomic mass is 16.8. The summed E-state index contributed by atoms with van der Waals surface area (Å²) in [5.41, 5.74) is 0. The minimum atomic E-state index is -2.50. The van der Waals surface area contributed by atoms with E-state index >= 15 is 0 Å². The Hall–Kier alpha value is -3.81. The lowest BCUT2D eigenvalue weighted by molar-refractivity contribution is -0.393. The van der Waals surface area contributed by atoms with Gasteiger partial charge in [-0.25, -0.2) is 4.79 Å². The van der Waals surface area contributed by atoms with Gasteiger partial charge in [-0.3, -0.25) is 19.1 Å². The molecule has 0 aromatic carbocycles. The number of methoxy groups -OCH3 is 1. The van der Waals surface area contributed by atoms with E-state index < -0.39 is 71.1 Å². The van der Waals surface area contributed by atoms with Crippen LogP contribution < -0.4 is 4.74 Å². The van der Waals surface area contributed by atoms with Crippen molar-refractivity contribution in [3.05, 3.63) is 28.4 Å². The van der Waals surface area contributed by atoms with Crippen LogP contribution in [0, 0.1) is 10.1 Å². The molecule has 14 heteroatoms. The van der Waals surface area contributed by atoms with E-state index in [4.69, 9.17) is 28.4 Å². The number of rotatable bonds is 7. The maximum Gasteiger partial charge on any atom is 0.406 e. The van der Waals surface area contributed by atoms with Crippen LogP contribution in [-0.2, 0) is 42.9 Å². The Morgan fingerprint density at radius 3 is 2.28 bits per heavy atom. The van der Waals surface area contributed by atoms with Gasteiger partial charge >= 0.3 is 35.5 Å². The molecular weight excluding hydrogens is 436 g/mol. The molecule has 174 valence electrons. The molecule has 0 amide bonds. The molecule has 0 radical (unpaired) electrons. The molecule has 0 spiro atoms. The van der Waals surface area contributed by atoms with Crippen molar-refractivity contribution in [2.24, 2.45) is 0 Å². The molecule has 2 heterocycles. The number of pyridine rings is 1. The number of hydrogen-bond acceptors (Lipinski definition) is 13. The fraction of sp³-hybridized carbons (Fsp3) is 0.500. The van der Waals surface area contributed by atoms with Crippen molar-refractivity contribution in [3.8, 4) is 5.75 Å². The third kappa shape index (κ3) is 5.66. The summed E-state index contributed by atoms with van der Waals surface area (Å²) in [4.78, 5) is 61.6. The largest absolute Gasteiger partial charge is 0.464 e. The van der Waals surface area contributed by atoms with Crippen LogP contribution in [-0.4, -0.2) is 65.2 Å². The van der Waals surface area contributed by atoms with E-state index in [2.05, 4.69) is 4.98 Å². The molecule has 1 aromatic rings. The maximum atomic E-state index is 12.7. The molecule has 0 saturated carbocycles. The van der Waals surface area contributed by atoms with Gasteiger partial charge in [-0.15, -0.1) is 0 Å². The first-order chi connectivity index (χ1) is 15.0. The van der Waals surface area contributed by atoms with Crippen molar-refractivity contribution in [2.75, 3.05) is 7.11 Å². The molecule has 0 unspecified atom stereocenters. The van der Waals surface area contributed by atoms with Gasteiger partial charge in [-0.2, -0.15) is 0 Å². The minimum Gasteiger partial charge on any atom is -0.464 e. The molecule has 1 aliphatic heterocycles. The number of esters is 4. The molecular formula is C18H20N2O12. The van der Waals surface area contributed by atoms with E-state index in [1.165, 1.54) is 6.07 Å². The van der Waals surface area contributed by atoms with Gasteiger partial charge in [0.1, 0.15) is 6.20 Å². The standard InChI is InChI=1S/C18H20N2O12/c1-9(21)28-13-8-18(17(24)27-4,31-12-6-5-7-19-15(12)20(25)26)32-16(30-11(3)23)14(13)29-10(2)22/h5-7,13-14,16H,8H2,1-4H3/t13-,14-,16-,18-/m1/s1. The lowest BCUT2D eigenvalue weighted by Gasteiger charge is -2.43. The van der Waals surface area contributed by atoms with Gasteiger partial charge < -0.3 is 33.8 Å². The smallest absolute Gasteiger partial charge is 0.406 e. The molecule has 0 aliphatic carbocycles. The number of aromatic nitrogens is 1. The zero-order valence-electron chi connectivity index (χ0n) is 17.5. The number of carbonyl (C=O) groups excluding carboxylic acids is 4. The molecule has 0 N–H and O–H groups in total. The first-order valence-electron chi connectivity index (χ1n) is 9.05. The van der Waals surface area contributed by atoms with Crippen molar-refractivity contribution in [2.45, 2.75) is 51.5 Å². The van der Waals surface area contributed by atoms with Crippen molar-refractivity contribution in [1.82, 2.24) is 4.98 Å². The summed E-state index contributed by atoms with van der Waals surface area (Å²) in [7, 11) is 0.980. The second-order valence-electron chi connectivity index (χ2n) is 6.45. The summed E-state index contributed by atoms with van der Waals surface area (Å²) < 4.78 is 31.1. The zero-order valence-corrected chi connectivity index (χ0v) is 17.5. The van der Waals surface area contributed by atoms with Gasteiger partial charge in [0.05, 0.1) is 13.5 Å². The number of hydrogen-bond donors (Lipinski definition) is 0. The first kappa shape index (κ1) is 24.5. The van der Waals surface area contributed by atoms with Gasteiger partial charge in [-0.05, 0) is 22.0 Å². The average Bonchev–Trinajstić information content (AvgIpc) is 2.69. The maximum absolute atomic E-state index is 12.7. The Labute approximate surface area is 180 Å². The van der Waals surface area contributed by atoms with Crippen molar-refractivity contribution >= 4 is 29.7 Å². The number of ether oxygens (including phenoxy) is 6. The molecule has 2 rings (SSSR count). The van der Waals surface area contributed by atoms with Gasteiger partial charge in [0.25, 0.3) is 0 Å². The van der Waals surface area contributed by atoms with Crippen LogP contribution in [0.1, 0.15) is 27.2 Å². The highest BCUT2D eigenvalue weighted by molar-refractivity contribution is 5.79. The van der Waals surface area contributed by atoms with Crippen LogP contribution in [0.3, 0.4) is 0 Å². The highest BCUT2D eigenvalue weighted by Gasteiger charge is 2.59. The van der Waals surface area contributed by atoms with Crippen LogP contribution in [0.4, 0.5) is 5.82 Å². The van der Waals surface area contributed by atoms with Crippen LogP contribution in [0.2, 0.25) is 0 Å². The van der Waals surface area contributed by atoms with E-state index in [0.717, 1.165) is 40.1 Å². The zero-order chi connectivity index (χ0) is 24.1. The fourth-order valence-electron chi connectivity index (χ4n) is 2.93. The quantitative estimate of drug-likeness (QED) is 0.238. The molecule has 1 saturated heterocycles. The minimum absolute atomic E-state index is 0.489. The van der Waals surface area contributed by atoms with E-state index in [9.17, 15) is 29.3 Å². The third-order valence-corrected chi connectivity index (χ3v) is 4.01. The van der Waals surface area contributed by atoms with E-state index in [1.807, 2.05) is 0 Å². The second kappa shape index (κ2) is 10.00. The summed E-state index contributed by atoms with van der Waals surface area (Å²) in [5, 5.41) is 11.3. The van der Waals surface area contributed by atoms with Crippen LogP contribution >= 0.6 is 0 Å². The van der Waals surface area contributed by atoms with Crippen molar-refractivity contribution < 1.29 is 52.5 Å². The molecule has 4 atom stereocenters. The predicted octanol–water partition coefficient (Wildman–Crippen LogP) is 0.411. The number of nitro groups is 1. The summed E-state index contributed by atoms with van der Waals surface area (Å²) >= 11 is 0. The van der Waals surface area contributed by atoms with Gasteiger partial charge in [0.15, 0.2) is 6.10 Å². The van der Waals surface area contributed by atoms with Gasteiger partial charge in [0.2, 0.25) is 18.1 Å². The molecule has 1 aliphatic rings. The Balaban J connectivity index is 2.59. The van der Waals surface area contributed by atoms with E-state index in [1.54, 1.807) is 0 Å². The molecule has 14 nitrogen and oxygen atoms in total. The van der Waals surface area contributed by atoms with Crippen molar-refractivity contribution in [1.29, 1.82) is 0 Å².